The molecule has 0 spiro atoms. The fourth-order valence-electron chi connectivity index (χ4n) is 3.09. The first-order chi connectivity index (χ1) is 13.9. The molecule has 1 aliphatic rings. The first-order valence-corrected chi connectivity index (χ1v) is 10.6. The summed E-state index contributed by atoms with van der Waals surface area (Å²) >= 11 is 0. The van der Waals surface area contributed by atoms with Crippen molar-refractivity contribution in [1.82, 2.24) is 0 Å². The molecule has 0 bridgehead atoms. The molecule has 0 aliphatic carbocycles. The monoisotopic (exact) mass is 417 g/mol. The number of fused-ring (bicyclic) bond motifs is 1. The highest BCUT2D eigenvalue weighted by Gasteiger charge is 2.21. The van der Waals surface area contributed by atoms with Crippen LogP contribution in [0.4, 0.5) is 10.1 Å². The number of hydrogen-bond acceptors (Lipinski definition) is 6. The Morgan fingerprint density at radius 3 is 2.72 bits per heavy atom. The van der Waals surface area contributed by atoms with E-state index in [-0.39, 0.29) is 34.0 Å². The van der Waals surface area contributed by atoms with E-state index in [0.29, 0.717) is 5.69 Å². The Labute approximate surface area is 167 Å². The molecule has 1 saturated heterocycles. The fraction of sp³-hybridized carbons (Fsp3) is 0.250. The van der Waals surface area contributed by atoms with Gasteiger partial charge in [0, 0.05) is 30.7 Å². The van der Waals surface area contributed by atoms with Gasteiger partial charge < -0.3 is 19.2 Å². The number of hydrogen-bond donors (Lipinski definition) is 0. The van der Waals surface area contributed by atoms with Crippen molar-refractivity contribution in [3.8, 4) is 5.75 Å². The molecule has 2 heterocycles. The van der Waals surface area contributed by atoms with E-state index in [1.165, 1.54) is 30.3 Å². The van der Waals surface area contributed by atoms with Gasteiger partial charge in [-0.2, -0.15) is 12.8 Å². The second kappa shape index (κ2) is 7.40. The molecular formula is C20H18FN2O5S-. The lowest BCUT2D eigenvalue weighted by atomic mass is 10.1. The first-order valence-electron chi connectivity index (χ1n) is 9.11. The molecule has 29 heavy (non-hydrogen) atoms. The second-order valence-electron chi connectivity index (χ2n) is 6.54. The van der Waals surface area contributed by atoms with Crippen molar-refractivity contribution >= 4 is 32.6 Å². The molecule has 1 aromatic heterocycles. The quantitative estimate of drug-likeness (QED) is 0.452. The molecule has 3 aromatic rings. The van der Waals surface area contributed by atoms with E-state index < -0.39 is 21.7 Å². The maximum atomic E-state index is 14.4. The largest absolute Gasteiger partial charge is 0.855 e. The van der Waals surface area contributed by atoms with Gasteiger partial charge in [-0.05, 0) is 37.6 Å². The van der Waals surface area contributed by atoms with Crippen LogP contribution in [-0.4, -0.2) is 34.0 Å². The van der Waals surface area contributed by atoms with Gasteiger partial charge in [0.25, 0.3) is 10.0 Å². The molecule has 0 radical (unpaired) electrons. The lowest BCUT2D eigenvalue weighted by Crippen LogP contribution is -2.36. The Balaban J connectivity index is 1.72. The number of halogens is 1. The molecule has 0 amide bonds. The Morgan fingerprint density at radius 1 is 1.28 bits per heavy atom. The SMILES string of the molecule is CCOc1ccccc1S(=O)(=O)/N=C(\[O-])c1cc2c(F)cc(N3CCC3)cc2o1. The summed E-state index contributed by atoms with van der Waals surface area (Å²) in [4.78, 5) is 1.75. The topological polar surface area (TPSA) is 95.2 Å². The van der Waals surface area contributed by atoms with Crippen molar-refractivity contribution in [3.63, 3.8) is 0 Å². The third kappa shape index (κ3) is 3.65. The van der Waals surface area contributed by atoms with E-state index in [2.05, 4.69) is 4.40 Å². The number of para-hydroxylation sites is 1. The van der Waals surface area contributed by atoms with E-state index in [1.54, 1.807) is 19.1 Å². The zero-order valence-electron chi connectivity index (χ0n) is 15.6. The van der Waals surface area contributed by atoms with Crippen LogP contribution in [0.15, 0.2) is 56.2 Å². The minimum absolute atomic E-state index is 0.0972. The molecule has 0 N–H and O–H groups in total. The van der Waals surface area contributed by atoms with Crippen LogP contribution < -0.4 is 14.7 Å². The first kappa shape index (κ1) is 19.3. The van der Waals surface area contributed by atoms with Crippen molar-refractivity contribution in [1.29, 1.82) is 0 Å². The van der Waals surface area contributed by atoms with Crippen LogP contribution in [0.5, 0.6) is 5.75 Å². The van der Waals surface area contributed by atoms with Crippen LogP contribution in [0, 0.1) is 5.82 Å². The molecule has 4 rings (SSSR count). The zero-order valence-corrected chi connectivity index (χ0v) is 16.4. The molecule has 0 atom stereocenters. The van der Waals surface area contributed by atoms with E-state index in [1.807, 2.05) is 4.90 Å². The van der Waals surface area contributed by atoms with Gasteiger partial charge in [0.2, 0.25) is 0 Å². The number of sulfonamides is 1. The predicted octanol–water partition coefficient (Wildman–Crippen LogP) is 2.68. The Bertz CT molecular complexity index is 1200. The maximum absolute atomic E-state index is 14.4. The third-order valence-corrected chi connectivity index (χ3v) is 5.93. The summed E-state index contributed by atoms with van der Waals surface area (Å²) in [6, 6.07) is 10.1. The van der Waals surface area contributed by atoms with Crippen LogP contribution in [-0.2, 0) is 10.0 Å². The highest BCUT2D eigenvalue weighted by Crippen LogP contribution is 2.31. The summed E-state index contributed by atoms with van der Waals surface area (Å²) in [6.07, 6.45) is 1.03. The van der Waals surface area contributed by atoms with Crippen molar-refractivity contribution < 1.29 is 27.1 Å². The average molecular weight is 417 g/mol. The van der Waals surface area contributed by atoms with Crippen LogP contribution >= 0.6 is 0 Å². The molecule has 0 unspecified atom stereocenters. The standard InChI is InChI=1S/C20H19FN2O5S/c1-2-27-16-6-3-4-7-19(16)29(25,26)22-20(24)18-12-14-15(21)10-13(11-17(14)28-18)23-8-5-9-23/h3-4,6-7,10-12H,2,5,8-9H2,1H3,(H,22,24)/p-1. The number of anilines is 1. The molecule has 1 fully saturated rings. The number of nitrogens with zero attached hydrogens (tertiary/aromatic N) is 2. The molecule has 152 valence electrons. The van der Waals surface area contributed by atoms with Gasteiger partial charge in [-0.25, -0.2) is 4.39 Å². The average Bonchev–Trinajstić information content (AvgIpc) is 3.06. The summed E-state index contributed by atoms with van der Waals surface area (Å²) in [6.45, 7) is 3.61. The highest BCUT2D eigenvalue weighted by molar-refractivity contribution is 7.90. The van der Waals surface area contributed by atoms with Crippen LogP contribution in [0.25, 0.3) is 11.0 Å². The molecule has 1 aliphatic heterocycles. The zero-order chi connectivity index (χ0) is 20.6. The summed E-state index contributed by atoms with van der Waals surface area (Å²) < 4.78 is 53.7. The second-order valence-corrected chi connectivity index (χ2v) is 8.11. The molecule has 7 nitrogen and oxygen atoms in total. The predicted molar refractivity (Wildman–Crippen MR) is 104 cm³/mol. The summed E-state index contributed by atoms with van der Waals surface area (Å²) in [5.74, 6) is -1.91. The number of benzene rings is 2. The third-order valence-electron chi connectivity index (χ3n) is 4.63. The van der Waals surface area contributed by atoms with Gasteiger partial charge in [-0.15, -0.1) is 0 Å². The number of rotatable bonds is 6. The lowest BCUT2D eigenvalue weighted by Gasteiger charge is -2.33. The van der Waals surface area contributed by atoms with E-state index >= 15 is 0 Å². The van der Waals surface area contributed by atoms with Gasteiger partial charge in [0.1, 0.15) is 27.8 Å². The van der Waals surface area contributed by atoms with Gasteiger partial charge in [-0.1, -0.05) is 12.1 Å². The van der Waals surface area contributed by atoms with E-state index in [9.17, 15) is 17.9 Å². The fourth-order valence-corrected chi connectivity index (χ4v) is 4.12. The van der Waals surface area contributed by atoms with E-state index in [0.717, 1.165) is 19.5 Å². The molecule has 9 heteroatoms. The summed E-state index contributed by atoms with van der Waals surface area (Å²) in [5, 5.41) is 12.6. The molecular weight excluding hydrogens is 399 g/mol. The highest BCUT2D eigenvalue weighted by atomic mass is 32.2. The van der Waals surface area contributed by atoms with E-state index in [4.69, 9.17) is 9.15 Å². The normalized spacial score (nSPS) is 14.8. The van der Waals surface area contributed by atoms with Crippen molar-refractivity contribution in [3.05, 3.63) is 54.0 Å². The van der Waals surface area contributed by atoms with Crippen LogP contribution in [0.1, 0.15) is 19.1 Å². The van der Waals surface area contributed by atoms with Crippen molar-refractivity contribution in [2.24, 2.45) is 4.40 Å². The van der Waals surface area contributed by atoms with Crippen LogP contribution in [0.3, 0.4) is 0 Å². The minimum Gasteiger partial charge on any atom is -0.855 e. The Morgan fingerprint density at radius 2 is 2.03 bits per heavy atom. The van der Waals surface area contributed by atoms with Crippen LogP contribution in [0.2, 0.25) is 0 Å². The molecule has 2 aromatic carbocycles. The van der Waals surface area contributed by atoms with Gasteiger partial charge in [0.05, 0.1) is 12.0 Å². The Kier molecular flexibility index (Phi) is 4.91. The Hall–Kier alpha value is -3.07. The summed E-state index contributed by atoms with van der Waals surface area (Å²) in [7, 11) is -4.34. The lowest BCUT2D eigenvalue weighted by molar-refractivity contribution is -0.214. The molecule has 0 saturated carbocycles. The smallest absolute Gasteiger partial charge is 0.285 e. The van der Waals surface area contributed by atoms with Crippen molar-refractivity contribution in [2.45, 2.75) is 18.2 Å². The minimum atomic E-state index is -4.34. The number of furan rings is 1. The number of ether oxygens (including phenoxy) is 1. The summed E-state index contributed by atoms with van der Waals surface area (Å²) in [5.41, 5.74) is 0.822. The maximum Gasteiger partial charge on any atom is 0.285 e. The van der Waals surface area contributed by atoms with Gasteiger partial charge in [-0.3, -0.25) is 0 Å². The van der Waals surface area contributed by atoms with Gasteiger partial charge >= 0.3 is 0 Å². The van der Waals surface area contributed by atoms with Crippen molar-refractivity contribution in [2.75, 3.05) is 24.6 Å². The van der Waals surface area contributed by atoms with Gasteiger partial charge in [0.15, 0.2) is 0 Å².